The predicted octanol–water partition coefficient (Wildman–Crippen LogP) is 5.22. The molecule has 1 aliphatic rings. The van der Waals surface area contributed by atoms with Crippen LogP contribution in [-0.2, 0) is 16.1 Å². The van der Waals surface area contributed by atoms with Gasteiger partial charge in [-0.3, -0.25) is 4.79 Å². The monoisotopic (exact) mass is 472 g/mol. The van der Waals surface area contributed by atoms with Crippen molar-refractivity contribution in [1.82, 2.24) is 9.47 Å². The van der Waals surface area contributed by atoms with Crippen LogP contribution < -0.4 is 4.74 Å². The van der Waals surface area contributed by atoms with Gasteiger partial charge in [0.05, 0.1) is 20.3 Å². The van der Waals surface area contributed by atoms with E-state index in [0.29, 0.717) is 39.3 Å². The number of fused-ring (bicyclic) bond motifs is 1. The van der Waals surface area contributed by atoms with E-state index in [4.69, 9.17) is 9.47 Å². The molecule has 0 saturated carbocycles. The third-order valence-corrected chi connectivity index (χ3v) is 6.72. The number of para-hydroxylation sites is 1. The molecule has 0 aliphatic carbocycles. The molecule has 0 unspecified atom stereocenters. The van der Waals surface area contributed by atoms with Crippen molar-refractivity contribution in [2.75, 3.05) is 33.4 Å². The number of hydrogen-bond acceptors (Lipinski definition) is 3. The lowest BCUT2D eigenvalue weighted by Crippen LogP contribution is -2.41. The number of amides is 1. The Kier molecular flexibility index (Phi) is 6.82. The summed E-state index contributed by atoms with van der Waals surface area (Å²) in [6.07, 6.45) is 2.47. The minimum atomic E-state index is -0.283. The first kappa shape index (κ1) is 23.1. The molecule has 6 heteroatoms. The molecular weight excluding hydrogens is 443 g/mol. The molecule has 1 atom stereocenters. The number of hydrogen-bond donors (Lipinski definition) is 0. The van der Waals surface area contributed by atoms with E-state index in [1.54, 1.807) is 19.2 Å². The van der Waals surface area contributed by atoms with Gasteiger partial charge in [-0.1, -0.05) is 42.5 Å². The Balaban J connectivity index is 1.53. The first-order chi connectivity index (χ1) is 17.1. The fraction of sp³-hybridized carbons (Fsp3) is 0.276. The lowest BCUT2D eigenvalue weighted by molar-refractivity contribution is -0.135. The number of benzene rings is 3. The summed E-state index contributed by atoms with van der Waals surface area (Å²) in [4.78, 5) is 15.2. The van der Waals surface area contributed by atoms with Crippen LogP contribution in [0.15, 0.2) is 79.0 Å². The zero-order valence-corrected chi connectivity index (χ0v) is 19.8. The second-order valence-electron chi connectivity index (χ2n) is 8.88. The number of nitrogens with zero attached hydrogens (tertiary/aromatic N) is 2. The van der Waals surface area contributed by atoms with E-state index in [1.165, 1.54) is 12.1 Å². The maximum absolute atomic E-state index is 13.8. The molecule has 2 heterocycles. The average Bonchev–Trinajstić information content (AvgIpc) is 3.27. The van der Waals surface area contributed by atoms with Crippen LogP contribution in [0.3, 0.4) is 0 Å². The van der Waals surface area contributed by atoms with E-state index in [0.717, 1.165) is 33.3 Å². The van der Waals surface area contributed by atoms with E-state index >= 15 is 0 Å². The van der Waals surface area contributed by atoms with Crippen molar-refractivity contribution in [3.05, 3.63) is 102 Å². The standard InChI is InChI=1S/C29H29FN2O3/c1-34-24-12-6-21(7-13-24)19-32-20-27(25-4-2-3-5-28(25)32)26(22-8-10-23(30)11-9-22)18-29(33)31-14-16-35-17-15-31/h2-13,20,26H,14-19H2,1H3/t26-/m0/s1. The van der Waals surface area contributed by atoms with Crippen molar-refractivity contribution in [2.45, 2.75) is 18.9 Å². The van der Waals surface area contributed by atoms with Crippen molar-refractivity contribution in [2.24, 2.45) is 0 Å². The maximum Gasteiger partial charge on any atom is 0.223 e. The number of carbonyl (C=O) groups excluding carboxylic acids is 1. The summed E-state index contributed by atoms with van der Waals surface area (Å²) in [5.74, 6) is 0.446. The largest absolute Gasteiger partial charge is 0.497 e. The minimum Gasteiger partial charge on any atom is -0.497 e. The van der Waals surface area contributed by atoms with E-state index in [1.807, 2.05) is 29.2 Å². The second kappa shape index (κ2) is 10.3. The van der Waals surface area contributed by atoms with Crippen LogP contribution >= 0.6 is 0 Å². The van der Waals surface area contributed by atoms with Crippen molar-refractivity contribution in [3.63, 3.8) is 0 Å². The quantitative estimate of drug-likeness (QED) is 0.371. The van der Waals surface area contributed by atoms with Crippen LogP contribution in [0.1, 0.15) is 29.0 Å². The van der Waals surface area contributed by atoms with Crippen LogP contribution in [0.4, 0.5) is 4.39 Å². The molecule has 35 heavy (non-hydrogen) atoms. The van der Waals surface area contributed by atoms with Crippen molar-refractivity contribution in [3.8, 4) is 5.75 Å². The molecule has 3 aromatic carbocycles. The number of halogens is 1. The molecule has 180 valence electrons. The molecule has 1 saturated heterocycles. The zero-order chi connectivity index (χ0) is 24.2. The average molecular weight is 473 g/mol. The number of carbonyl (C=O) groups is 1. The Morgan fingerprint density at radius 2 is 1.71 bits per heavy atom. The van der Waals surface area contributed by atoms with Gasteiger partial charge in [0, 0.05) is 49.1 Å². The fourth-order valence-corrected chi connectivity index (χ4v) is 4.83. The number of morpholine rings is 1. The Bertz CT molecular complexity index is 1290. The van der Waals surface area contributed by atoms with Gasteiger partial charge in [-0.2, -0.15) is 0 Å². The van der Waals surface area contributed by atoms with Gasteiger partial charge in [-0.15, -0.1) is 0 Å². The summed E-state index contributed by atoms with van der Waals surface area (Å²) in [6, 6.07) is 22.8. The van der Waals surface area contributed by atoms with Gasteiger partial charge in [0.15, 0.2) is 0 Å². The number of methoxy groups -OCH3 is 1. The van der Waals surface area contributed by atoms with Gasteiger partial charge in [0.2, 0.25) is 5.91 Å². The molecule has 5 nitrogen and oxygen atoms in total. The molecule has 0 bridgehead atoms. The number of ether oxygens (including phenoxy) is 2. The molecule has 0 radical (unpaired) electrons. The minimum absolute atomic E-state index is 0.0922. The van der Waals surface area contributed by atoms with Gasteiger partial charge in [0.1, 0.15) is 11.6 Å². The van der Waals surface area contributed by atoms with E-state index in [9.17, 15) is 9.18 Å². The van der Waals surface area contributed by atoms with Crippen LogP contribution in [0.25, 0.3) is 10.9 Å². The molecule has 4 aromatic rings. The topological polar surface area (TPSA) is 43.7 Å². The molecule has 0 spiro atoms. The van der Waals surface area contributed by atoms with E-state index < -0.39 is 0 Å². The lowest BCUT2D eigenvalue weighted by atomic mass is 9.87. The SMILES string of the molecule is COc1ccc(Cn2cc([C@@H](CC(=O)N3CCOCC3)c3ccc(F)cc3)c3ccccc32)cc1. The lowest BCUT2D eigenvalue weighted by Gasteiger charge is -2.28. The fourth-order valence-electron chi connectivity index (χ4n) is 4.83. The molecule has 5 rings (SSSR count). The first-order valence-electron chi connectivity index (χ1n) is 11.9. The summed E-state index contributed by atoms with van der Waals surface area (Å²) >= 11 is 0. The van der Waals surface area contributed by atoms with Crippen molar-refractivity contribution < 1.29 is 18.7 Å². The molecule has 1 fully saturated rings. The molecule has 1 amide bonds. The van der Waals surface area contributed by atoms with Crippen LogP contribution in [0.2, 0.25) is 0 Å². The third-order valence-electron chi connectivity index (χ3n) is 6.72. The highest BCUT2D eigenvalue weighted by atomic mass is 19.1. The summed E-state index contributed by atoms with van der Waals surface area (Å²) in [7, 11) is 1.66. The molecule has 0 N–H and O–H groups in total. The summed E-state index contributed by atoms with van der Waals surface area (Å²) in [5, 5.41) is 1.10. The van der Waals surface area contributed by atoms with Gasteiger partial charge in [0.25, 0.3) is 0 Å². The Morgan fingerprint density at radius 1 is 1.00 bits per heavy atom. The Hall–Kier alpha value is -3.64. The van der Waals surface area contributed by atoms with Gasteiger partial charge in [-0.25, -0.2) is 4.39 Å². The van der Waals surface area contributed by atoms with Gasteiger partial charge >= 0.3 is 0 Å². The van der Waals surface area contributed by atoms with Crippen molar-refractivity contribution in [1.29, 1.82) is 0 Å². The Labute approximate surface area is 204 Å². The van der Waals surface area contributed by atoms with Gasteiger partial charge < -0.3 is 18.9 Å². The highest BCUT2D eigenvalue weighted by Crippen LogP contribution is 2.36. The maximum atomic E-state index is 13.8. The highest BCUT2D eigenvalue weighted by Gasteiger charge is 2.26. The van der Waals surface area contributed by atoms with Crippen LogP contribution in [0.5, 0.6) is 5.75 Å². The van der Waals surface area contributed by atoms with Crippen molar-refractivity contribution >= 4 is 16.8 Å². The molecule has 1 aliphatic heterocycles. The molecule has 1 aromatic heterocycles. The first-order valence-corrected chi connectivity index (χ1v) is 11.9. The zero-order valence-electron chi connectivity index (χ0n) is 19.8. The van der Waals surface area contributed by atoms with Crippen LogP contribution in [0, 0.1) is 5.82 Å². The smallest absolute Gasteiger partial charge is 0.223 e. The normalized spacial score (nSPS) is 14.7. The summed E-state index contributed by atoms with van der Waals surface area (Å²) < 4.78 is 26.7. The highest BCUT2D eigenvalue weighted by molar-refractivity contribution is 5.87. The summed E-state index contributed by atoms with van der Waals surface area (Å²) in [6.45, 7) is 3.03. The number of rotatable bonds is 7. The predicted molar refractivity (Wildman–Crippen MR) is 134 cm³/mol. The van der Waals surface area contributed by atoms with E-state index in [2.05, 4.69) is 35.0 Å². The Morgan fingerprint density at radius 3 is 2.43 bits per heavy atom. The van der Waals surface area contributed by atoms with Gasteiger partial charge in [-0.05, 0) is 47.0 Å². The van der Waals surface area contributed by atoms with Crippen LogP contribution in [-0.4, -0.2) is 48.8 Å². The second-order valence-corrected chi connectivity index (χ2v) is 8.88. The van der Waals surface area contributed by atoms with E-state index in [-0.39, 0.29) is 17.6 Å². The third kappa shape index (κ3) is 5.08. The summed E-state index contributed by atoms with van der Waals surface area (Å²) in [5.41, 5.74) is 4.26. The number of aromatic nitrogens is 1. The molecular formula is C29H29FN2O3.